The van der Waals surface area contributed by atoms with E-state index in [9.17, 15) is 0 Å². The maximum Gasteiger partial charge on any atom is 0.106 e. The van der Waals surface area contributed by atoms with Crippen LogP contribution in [-0.2, 0) is 9.47 Å². The number of fused-ring (bicyclic) bond motifs is 6. The molecule has 2 saturated carbocycles. The van der Waals surface area contributed by atoms with Crippen LogP contribution in [0.5, 0.6) is 0 Å². The Labute approximate surface area is 198 Å². The summed E-state index contributed by atoms with van der Waals surface area (Å²) in [4.78, 5) is 0. The molecule has 2 aliphatic heterocycles. The molecule has 2 bridgehead atoms. The molecule has 4 rings (SSSR count). The lowest BCUT2D eigenvalue weighted by molar-refractivity contribution is -0.00758. The number of ether oxygens (including phenoxy) is 2. The minimum atomic E-state index is 0.176. The van der Waals surface area contributed by atoms with Crippen LogP contribution >= 0.6 is 0 Å². The van der Waals surface area contributed by atoms with Gasteiger partial charge in [0.2, 0.25) is 0 Å². The molecule has 2 nitrogen and oxygen atoms in total. The van der Waals surface area contributed by atoms with E-state index in [1.165, 1.54) is 62.9 Å². The zero-order valence-corrected chi connectivity index (χ0v) is 22.1. The topological polar surface area (TPSA) is 18.5 Å². The quantitative estimate of drug-likeness (QED) is 0.393. The molecule has 0 saturated heterocycles. The Morgan fingerprint density at radius 2 is 1.88 bits per heavy atom. The fraction of sp³-hybridized carbons (Fsp3) is 0.867. The molecule has 32 heavy (non-hydrogen) atoms. The molecule has 0 amide bonds. The minimum Gasteiger partial charge on any atom is -0.466 e. The Morgan fingerprint density at radius 1 is 1.09 bits per heavy atom. The maximum absolute atomic E-state index is 6.85. The Bertz CT molecular complexity index is 720. The second-order valence-electron chi connectivity index (χ2n) is 12.7. The van der Waals surface area contributed by atoms with Crippen LogP contribution in [0.15, 0.2) is 23.7 Å². The molecule has 0 radical (unpaired) electrons. The number of hydrogen-bond acceptors (Lipinski definition) is 2. The zero-order valence-electron chi connectivity index (χ0n) is 22.1. The summed E-state index contributed by atoms with van der Waals surface area (Å²) in [7, 11) is 1.89. The van der Waals surface area contributed by atoms with Crippen LogP contribution in [0.25, 0.3) is 0 Å². The van der Waals surface area contributed by atoms with Crippen molar-refractivity contribution in [3.63, 3.8) is 0 Å². The van der Waals surface area contributed by atoms with Crippen LogP contribution in [0.2, 0.25) is 0 Å². The molecule has 8 atom stereocenters. The van der Waals surface area contributed by atoms with Gasteiger partial charge in [-0.05, 0) is 98.5 Å². The molecular formula is C30H50O2. The molecule has 2 fully saturated rings. The Morgan fingerprint density at radius 3 is 2.56 bits per heavy atom. The molecule has 0 unspecified atom stereocenters. The van der Waals surface area contributed by atoms with Crippen molar-refractivity contribution in [2.75, 3.05) is 7.11 Å². The SMILES string of the molecule is CC[C@@H](CC[C@@H](C)[C@H]1CC[C@H]2C3=CC[C@H]4C[C@@H](OC)CC[C@]4(C)C(=CC[C@]12C)O3)C(C)C. The minimum absolute atomic E-state index is 0.176. The third kappa shape index (κ3) is 4.23. The molecular weight excluding hydrogens is 392 g/mol. The van der Waals surface area contributed by atoms with Crippen molar-refractivity contribution in [3.8, 4) is 0 Å². The Hall–Kier alpha value is -0.760. The van der Waals surface area contributed by atoms with E-state index in [0.29, 0.717) is 23.4 Å². The van der Waals surface area contributed by atoms with Gasteiger partial charge in [-0.2, -0.15) is 0 Å². The summed E-state index contributed by atoms with van der Waals surface area (Å²) >= 11 is 0. The molecule has 2 heteroatoms. The summed E-state index contributed by atoms with van der Waals surface area (Å²) in [5, 5.41) is 0. The molecule has 2 aliphatic carbocycles. The first-order valence-corrected chi connectivity index (χ1v) is 13.8. The van der Waals surface area contributed by atoms with E-state index in [2.05, 4.69) is 53.7 Å². The van der Waals surface area contributed by atoms with Crippen molar-refractivity contribution in [3.05, 3.63) is 23.7 Å². The van der Waals surface area contributed by atoms with Gasteiger partial charge in [0.05, 0.1) is 6.10 Å². The van der Waals surface area contributed by atoms with Gasteiger partial charge in [-0.15, -0.1) is 0 Å². The van der Waals surface area contributed by atoms with Crippen LogP contribution in [0, 0.1) is 46.3 Å². The molecule has 0 spiro atoms. The van der Waals surface area contributed by atoms with Gasteiger partial charge in [-0.3, -0.25) is 0 Å². The van der Waals surface area contributed by atoms with Crippen LogP contribution < -0.4 is 0 Å². The normalized spacial score (nSPS) is 40.9. The van der Waals surface area contributed by atoms with Crippen LogP contribution in [0.3, 0.4) is 0 Å². The van der Waals surface area contributed by atoms with Crippen LogP contribution in [-0.4, -0.2) is 13.2 Å². The largest absolute Gasteiger partial charge is 0.466 e. The van der Waals surface area contributed by atoms with E-state index >= 15 is 0 Å². The summed E-state index contributed by atoms with van der Waals surface area (Å²) in [6.45, 7) is 14.8. The lowest BCUT2D eigenvalue weighted by Gasteiger charge is -2.43. The van der Waals surface area contributed by atoms with E-state index in [1.54, 1.807) is 0 Å². The van der Waals surface area contributed by atoms with Crippen LogP contribution in [0.1, 0.15) is 106 Å². The molecule has 2 heterocycles. The van der Waals surface area contributed by atoms with Gasteiger partial charge in [0.15, 0.2) is 0 Å². The van der Waals surface area contributed by atoms with Gasteiger partial charge >= 0.3 is 0 Å². The summed E-state index contributed by atoms with van der Waals surface area (Å²) < 4.78 is 12.6. The Balaban J connectivity index is 1.54. The highest BCUT2D eigenvalue weighted by Crippen LogP contribution is 2.61. The van der Waals surface area contributed by atoms with E-state index < -0.39 is 0 Å². The second-order valence-corrected chi connectivity index (χ2v) is 12.7. The lowest BCUT2D eigenvalue weighted by Crippen LogP contribution is -2.38. The van der Waals surface area contributed by atoms with Gasteiger partial charge in [0, 0.05) is 18.4 Å². The molecule has 0 aromatic heterocycles. The maximum atomic E-state index is 6.85. The van der Waals surface area contributed by atoms with Crippen molar-refractivity contribution >= 4 is 0 Å². The van der Waals surface area contributed by atoms with Crippen LogP contribution in [0.4, 0.5) is 0 Å². The molecule has 182 valence electrons. The standard InChI is InChI=1S/C30H50O2/c1-8-22(20(2)3)10-9-21(4)25-12-13-26-27-14-11-23-19-24(31-7)15-17-29(23,5)28(32-27)16-18-30(25,26)6/h14,16,20-26H,8-13,15,17-19H2,1-7H3/t21-,22+,23+,24+,25-,26+,29+,30-/m1/s1. The predicted octanol–water partition coefficient (Wildman–Crippen LogP) is 8.53. The van der Waals surface area contributed by atoms with Gasteiger partial charge in [-0.25, -0.2) is 0 Å². The third-order valence-electron chi connectivity index (χ3n) is 10.8. The highest BCUT2D eigenvalue weighted by molar-refractivity contribution is 5.25. The number of hydrogen-bond donors (Lipinski definition) is 0. The van der Waals surface area contributed by atoms with Crippen molar-refractivity contribution in [2.45, 2.75) is 112 Å². The van der Waals surface area contributed by atoms with Gasteiger partial charge < -0.3 is 9.47 Å². The lowest BCUT2D eigenvalue weighted by atomic mass is 9.62. The highest BCUT2D eigenvalue weighted by atomic mass is 16.5. The Kier molecular flexibility index (Phi) is 7.21. The van der Waals surface area contributed by atoms with Crippen molar-refractivity contribution in [1.82, 2.24) is 0 Å². The first-order chi connectivity index (χ1) is 15.2. The first kappa shape index (κ1) is 24.4. The second kappa shape index (κ2) is 9.47. The fourth-order valence-electron chi connectivity index (χ4n) is 8.25. The third-order valence-corrected chi connectivity index (χ3v) is 10.8. The smallest absolute Gasteiger partial charge is 0.106 e. The van der Waals surface area contributed by atoms with Crippen molar-refractivity contribution in [2.24, 2.45) is 46.3 Å². The van der Waals surface area contributed by atoms with E-state index in [4.69, 9.17) is 9.47 Å². The van der Waals surface area contributed by atoms with E-state index in [0.717, 1.165) is 36.5 Å². The molecule has 0 N–H and O–H groups in total. The van der Waals surface area contributed by atoms with Gasteiger partial charge in [-0.1, -0.05) is 54.4 Å². The molecule has 0 aromatic carbocycles. The number of rotatable bonds is 7. The summed E-state index contributed by atoms with van der Waals surface area (Å²) in [5.74, 6) is 7.17. The predicted molar refractivity (Wildman–Crippen MR) is 134 cm³/mol. The molecule has 4 aliphatic rings. The monoisotopic (exact) mass is 442 g/mol. The van der Waals surface area contributed by atoms with Crippen molar-refractivity contribution in [1.29, 1.82) is 0 Å². The fourth-order valence-corrected chi connectivity index (χ4v) is 8.25. The number of allylic oxidation sites excluding steroid dienone is 4. The molecule has 0 aromatic rings. The van der Waals surface area contributed by atoms with Gasteiger partial charge in [0.25, 0.3) is 0 Å². The highest BCUT2D eigenvalue weighted by Gasteiger charge is 2.54. The van der Waals surface area contributed by atoms with Crippen molar-refractivity contribution < 1.29 is 9.47 Å². The zero-order chi connectivity index (χ0) is 23.1. The van der Waals surface area contributed by atoms with E-state index in [1.807, 2.05) is 7.11 Å². The summed E-state index contributed by atoms with van der Waals surface area (Å²) in [5.41, 5.74) is 0.522. The van der Waals surface area contributed by atoms with E-state index in [-0.39, 0.29) is 5.41 Å². The summed E-state index contributed by atoms with van der Waals surface area (Å²) in [6, 6.07) is 0. The average Bonchev–Trinajstić information content (AvgIpc) is 2.94. The average molecular weight is 443 g/mol. The van der Waals surface area contributed by atoms with Gasteiger partial charge in [0.1, 0.15) is 11.5 Å². The first-order valence-electron chi connectivity index (χ1n) is 13.8. The summed E-state index contributed by atoms with van der Waals surface area (Å²) in [6.07, 6.45) is 18.1. The number of methoxy groups -OCH3 is 1.